The number of alkyl halides is 3. The Hall–Kier alpha value is -3.81. The summed E-state index contributed by atoms with van der Waals surface area (Å²) in [5.41, 5.74) is 3.59. The molecule has 3 aromatic carbocycles. The Morgan fingerprint density at radius 3 is 2.20 bits per heavy atom. The van der Waals surface area contributed by atoms with Crippen LogP contribution in [0.2, 0.25) is 0 Å². The summed E-state index contributed by atoms with van der Waals surface area (Å²) in [6, 6.07) is 22.3. The molecule has 0 heterocycles. The van der Waals surface area contributed by atoms with Gasteiger partial charge in [0.25, 0.3) is 0 Å². The second kappa shape index (κ2) is 18.8. The molecule has 4 atom stereocenters. The van der Waals surface area contributed by atoms with Crippen LogP contribution in [0, 0.1) is 11.8 Å². The first kappa shape index (κ1) is 38.0. The van der Waals surface area contributed by atoms with E-state index in [4.69, 9.17) is 14.2 Å². The summed E-state index contributed by atoms with van der Waals surface area (Å²) >= 11 is 0. The number of carbonyl (C=O) groups excluding carboxylic acids is 2. The standard InChI is InChI=1S/C41H51F3O5/c1-4-6-8-11-17-29(3)28-47-36-26-32(23-24-35(36)30-18-12-10-13-19-30)39(45)48-37-27-33(25-31-20-15-16-21-34(31)37)40(46)49-38(41(42,43)44)22-14-9-7-5-2/h10,12-13,15-16,18-21,23-24,26,29,33,37-38H,4-9,11,14,17,22,25,27-28H2,1-3H3/t29-,33?,37?,38+/m0/s1. The molecule has 0 spiro atoms. The summed E-state index contributed by atoms with van der Waals surface area (Å²) < 4.78 is 59.0. The number of fused-ring (bicyclic) bond motifs is 1. The summed E-state index contributed by atoms with van der Waals surface area (Å²) in [5.74, 6) is -1.50. The van der Waals surface area contributed by atoms with E-state index >= 15 is 0 Å². The predicted molar refractivity (Wildman–Crippen MR) is 186 cm³/mol. The highest BCUT2D eigenvalue weighted by atomic mass is 19.4. The smallest absolute Gasteiger partial charge is 0.425 e. The van der Waals surface area contributed by atoms with Crippen LogP contribution in [0.25, 0.3) is 11.1 Å². The van der Waals surface area contributed by atoms with E-state index in [1.54, 1.807) is 18.2 Å². The number of ether oxygens (including phenoxy) is 3. The fraction of sp³-hybridized carbons (Fsp3) is 0.512. The monoisotopic (exact) mass is 680 g/mol. The van der Waals surface area contributed by atoms with Crippen LogP contribution in [0.1, 0.15) is 119 Å². The third-order valence-electron chi connectivity index (χ3n) is 9.27. The molecule has 8 heteroatoms. The quantitative estimate of drug-likeness (QED) is 0.0988. The molecule has 4 rings (SSSR count). The van der Waals surface area contributed by atoms with Crippen LogP contribution in [0.3, 0.4) is 0 Å². The highest BCUT2D eigenvalue weighted by molar-refractivity contribution is 5.91. The Kier molecular flexibility index (Phi) is 14.6. The van der Waals surface area contributed by atoms with Crippen molar-refractivity contribution in [2.24, 2.45) is 11.8 Å². The van der Waals surface area contributed by atoms with Crippen LogP contribution in [-0.2, 0) is 20.7 Å². The molecule has 1 aliphatic carbocycles. The van der Waals surface area contributed by atoms with Crippen LogP contribution >= 0.6 is 0 Å². The Balaban J connectivity index is 1.50. The zero-order valence-corrected chi connectivity index (χ0v) is 29.1. The van der Waals surface area contributed by atoms with Crippen molar-refractivity contribution in [3.05, 3.63) is 89.5 Å². The first-order valence-electron chi connectivity index (χ1n) is 18.0. The first-order valence-corrected chi connectivity index (χ1v) is 18.0. The van der Waals surface area contributed by atoms with E-state index in [-0.39, 0.29) is 24.8 Å². The minimum absolute atomic E-state index is 0.0308. The van der Waals surface area contributed by atoms with Crippen LogP contribution in [0.4, 0.5) is 13.2 Å². The van der Waals surface area contributed by atoms with Gasteiger partial charge in [-0.3, -0.25) is 4.79 Å². The molecule has 0 amide bonds. The van der Waals surface area contributed by atoms with Gasteiger partial charge in [-0.1, -0.05) is 120 Å². The van der Waals surface area contributed by atoms with Crippen LogP contribution in [-0.4, -0.2) is 30.8 Å². The summed E-state index contributed by atoms with van der Waals surface area (Å²) in [5, 5.41) is 0. The van der Waals surface area contributed by atoms with Gasteiger partial charge in [0.05, 0.1) is 18.1 Å². The summed E-state index contributed by atoms with van der Waals surface area (Å²) in [7, 11) is 0. The number of carbonyl (C=O) groups is 2. The Morgan fingerprint density at radius 2 is 1.51 bits per heavy atom. The first-order chi connectivity index (χ1) is 23.6. The van der Waals surface area contributed by atoms with E-state index in [1.807, 2.05) is 61.5 Å². The maximum absolute atomic E-state index is 13.8. The summed E-state index contributed by atoms with van der Waals surface area (Å²) in [6.07, 6.45) is 0.817. The van der Waals surface area contributed by atoms with Gasteiger partial charge in [0.2, 0.25) is 0 Å². The highest BCUT2D eigenvalue weighted by Gasteiger charge is 2.44. The van der Waals surface area contributed by atoms with Crippen molar-refractivity contribution in [2.45, 2.75) is 116 Å². The zero-order chi connectivity index (χ0) is 35.2. The third kappa shape index (κ3) is 11.4. The van der Waals surface area contributed by atoms with Crippen molar-refractivity contribution in [1.29, 1.82) is 0 Å². The van der Waals surface area contributed by atoms with Crippen LogP contribution in [0.5, 0.6) is 5.75 Å². The number of benzene rings is 3. The van der Waals surface area contributed by atoms with E-state index in [2.05, 4.69) is 13.8 Å². The van der Waals surface area contributed by atoms with Gasteiger partial charge < -0.3 is 14.2 Å². The van der Waals surface area contributed by atoms with E-state index in [9.17, 15) is 22.8 Å². The Morgan fingerprint density at radius 1 is 0.837 bits per heavy atom. The molecule has 0 fully saturated rings. The Bertz CT molecular complexity index is 1470. The predicted octanol–water partition coefficient (Wildman–Crippen LogP) is 11.2. The molecule has 0 radical (unpaired) electrons. The average Bonchev–Trinajstić information content (AvgIpc) is 3.10. The number of halogens is 3. The molecule has 2 unspecified atom stereocenters. The highest BCUT2D eigenvalue weighted by Crippen LogP contribution is 2.39. The molecule has 49 heavy (non-hydrogen) atoms. The van der Waals surface area contributed by atoms with E-state index < -0.39 is 36.2 Å². The van der Waals surface area contributed by atoms with Gasteiger partial charge in [0, 0.05) is 12.0 Å². The lowest BCUT2D eigenvalue weighted by Gasteiger charge is -2.31. The van der Waals surface area contributed by atoms with E-state index in [0.29, 0.717) is 31.1 Å². The van der Waals surface area contributed by atoms with Crippen molar-refractivity contribution in [2.75, 3.05) is 6.61 Å². The van der Waals surface area contributed by atoms with Gasteiger partial charge in [0.1, 0.15) is 11.9 Å². The topological polar surface area (TPSA) is 61.8 Å². The zero-order valence-electron chi connectivity index (χ0n) is 29.1. The largest absolute Gasteiger partial charge is 0.493 e. The van der Waals surface area contributed by atoms with Gasteiger partial charge in [-0.2, -0.15) is 13.2 Å². The van der Waals surface area contributed by atoms with Crippen LogP contribution < -0.4 is 4.74 Å². The number of esters is 2. The molecule has 1 aliphatic rings. The lowest BCUT2D eigenvalue weighted by Crippen LogP contribution is -2.37. The van der Waals surface area contributed by atoms with Crippen LogP contribution in [0.15, 0.2) is 72.8 Å². The van der Waals surface area contributed by atoms with Gasteiger partial charge in [-0.25, -0.2) is 4.79 Å². The normalized spacial score (nSPS) is 17.1. The molecule has 0 N–H and O–H groups in total. The fourth-order valence-electron chi connectivity index (χ4n) is 6.40. The summed E-state index contributed by atoms with van der Waals surface area (Å²) in [6.45, 7) is 6.84. The SMILES string of the molecule is CCCCCC[C@H](C)COc1cc(C(=O)OC2CC(C(=O)O[C@H](CCCCCC)C(F)(F)F)Cc3ccccc32)ccc1-c1ccccc1. The molecule has 0 aliphatic heterocycles. The van der Waals surface area contributed by atoms with Gasteiger partial charge in [-0.15, -0.1) is 0 Å². The minimum Gasteiger partial charge on any atom is -0.493 e. The fourth-order valence-corrected chi connectivity index (χ4v) is 6.40. The molecule has 0 saturated heterocycles. The number of rotatable bonds is 18. The molecular weight excluding hydrogens is 629 g/mol. The molecule has 0 bridgehead atoms. The maximum Gasteiger partial charge on any atom is 0.425 e. The second-order valence-electron chi connectivity index (χ2n) is 13.4. The van der Waals surface area contributed by atoms with Crippen molar-refractivity contribution >= 4 is 11.9 Å². The van der Waals surface area contributed by atoms with Crippen molar-refractivity contribution < 1.29 is 37.0 Å². The van der Waals surface area contributed by atoms with E-state index in [1.165, 1.54) is 19.3 Å². The number of unbranched alkanes of at least 4 members (excludes halogenated alkanes) is 6. The Labute approximate surface area is 289 Å². The second-order valence-corrected chi connectivity index (χ2v) is 13.4. The van der Waals surface area contributed by atoms with E-state index in [0.717, 1.165) is 47.9 Å². The number of hydrogen-bond acceptors (Lipinski definition) is 5. The van der Waals surface area contributed by atoms with Crippen molar-refractivity contribution in [1.82, 2.24) is 0 Å². The van der Waals surface area contributed by atoms with Gasteiger partial charge in [-0.05, 0) is 66.5 Å². The molecule has 0 saturated carbocycles. The molecule has 0 aromatic heterocycles. The molecule has 5 nitrogen and oxygen atoms in total. The molecular formula is C41H51F3O5. The van der Waals surface area contributed by atoms with Gasteiger partial charge >= 0.3 is 18.1 Å². The van der Waals surface area contributed by atoms with Crippen molar-refractivity contribution in [3.8, 4) is 16.9 Å². The summed E-state index contributed by atoms with van der Waals surface area (Å²) in [4.78, 5) is 26.9. The minimum atomic E-state index is -4.65. The average molecular weight is 681 g/mol. The molecule has 3 aromatic rings. The molecule has 266 valence electrons. The maximum atomic E-state index is 13.8. The van der Waals surface area contributed by atoms with Gasteiger partial charge in [0.15, 0.2) is 6.10 Å². The lowest BCUT2D eigenvalue weighted by atomic mass is 9.82. The number of hydrogen-bond donors (Lipinski definition) is 0. The third-order valence-corrected chi connectivity index (χ3v) is 9.27. The van der Waals surface area contributed by atoms with Crippen molar-refractivity contribution in [3.63, 3.8) is 0 Å². The lowest BCUT2D eigenvalue weighted by molar-refractivity contribution is -0.225.